The van der Waals surface area contributed by atoms with E-state index in [2.05, 4.69) is 152 Å². The van der Waals surface area contributed by atoms with Gasteiger partial charge in [0.1, 0.15) is 0 Å². The third-order valence-electron chi connectivity index (χ3n) is 13.6. The summed E-state index contributed by atoms with van der Waals surface area (Å²) < 4.78 is 53.7. The van der Waals surface area contributed by atoms with E-state index in [4.69, 9.17) is 37.9 Å². The molecule has 76 heavy (non-hydrogen) atoms. The summed E-state index contributed by atoms with van der Waals surface area (Å²) in [5, 5.41) is 9.38. The van der Waals surface area contributed by atoms with Crippen LogP contribution in [0.5, 0.6) is 46.0 Å². The van der Waals surface area contributed by atoms with E-state index in [-0.39, 0.29) is 0 Å². The van der Waals surface area contributed by atoms with E-state index in [1.54, 1.807) is 0 Å². The average Bonchev–Trinajstić information content (AvgIpc) is 3.46. The summed E-state index contributed by atoms with van der Waals surface area (Å²) in [6.07, 6.45) is 0. The van der Waals surface area contributed by atoms with Crippen molar-refractivity contribution in [1.82, 2.24) is 0 Å². The zero-order valence-corrected chi connectivity index (χ0v) is 48.7. The Morgan fingerprint density at radius 2 is 0.342 bits per heavy atom. The van der Waals surface area contributed by atoms with E-state index in [1.165, 1.54) is 43.1 Å². The van der Waals surface area contributed by atoms with Gasteiger partial charge < -0.3 is 37.9 Å². The molecule has 0 spiro atoms. The summed E-state index contributed by atoms with van der Waals surface area (Å²) >= 11 is 7.46. The number of hydrogen-bond donors (Lipinski definition) is 0. The SMILES string of the molecule is CCOc1c(OCC)c2c3ccccc3c1CSCc1c(OCC)c(OCC)c(c3ccccc13)CSCc1c(OCC)c(OCC)c(c3ccccc13)CSCc1c(OCC)c(OCC)c(c3ccccc13)CSC2. The van der Waals surface area contributed by atoms with Gasteiger partial charge in [0.25, 0.3) is 0 Å². The van der Waals surface area contributed by atoms with Crippen LogP contribution in [-0.4, -0.2) is 52.9 Å². The van der Waals surface area contributed by atoms with Gasteiger partial charge in [0, 0.05) is 90.5 Å². The van der Waals surface area contributed by atoms with E-state index in [0.717, 1.165) is 90.5 Å². The van der Waals surface area contributed by atoms with E-state index in [0.29, 0.717) is 98.9 Å². The lowest BCUT2D eigenvalue weighted by atomic mass is 9.98. The molecule has 0 aromatic heterocycles. The Morgan fingerprint density at radius 3 is 0.447 bits per heavy atom. The van der Waals surface area contributed by atoms with Gasteiger partial charge in [-0.1, -0.05) is 97.1 Å². The van der Waals surface area contributed by atoms with Crippen LogP contribution in [-0.2, 0) is 46.0 Å². The van der Waals surface area contributed by atoms with Crippen molar-refractivity contribution >= 4 is 90.1 Å². The molecule has 2 heterocycles. The zero-order valence-electron chi connectivity index (χ0n) is 45.5. The van der Waals surface area contributed by atoms with Crippen LogP contribution in [0.3, 0.4) is 0 Å². The standard InChI is InChI=1S/C64H72O8S4/c1-9-65-57-49-33-73-35-51-43-27-19-20-28-44(43)53(61(69-13-5)59(51)67-11-3)37-75-39-55-47-31-23-24-32-48(47)56(64(72-16-8)63(55)71-15-7)40-76-38-54-46-30-22-21-29-45(46)52(60(68-12-4)62(54)70-14-6)36-74-34-50(58(57)66-10-2)42-26-18-17-25-41(42)49/h17-32H,9-16,33-40H2,1-8H3. The third-order valence-corrected chi connectivity index (χ3v) is 17.5. The molecule has 0 aliphatic carbocycles. The van der Waals surface area contributed by atoms with E-state index in [1.807, 2.05) is 47.0 Å². The molecule has 0 unspecified atom stereocenters. The quantitative estimate of drug-likeness (QED) is 0.0925. The predicted molar refractivity (Wildman–Crippen MR) is 325 cm³/mol. The first-order chi connectivity index (χ1) is 37.5. The first kappa shape index (κ1) is 55.4. The highest BCUT2D eigenvalue weighted by Crippen LogP contribution is 2.52. The molecule has 0 atom stereocenters. The van der Waals surface area contributed by atoms with Crippen LogP contribution < -0.4 is 37.9 Å². The number of ether oxygens (including phenoxy) is 8. The topological polar surface area (TPSA) is 73.8 Å². The second-order valence-corrected chi connectivity index (χ2v) is 22.0. The summed E-state index contributed by atoms with van der Waals surface area (Å²) in [4.78, 5) is 0. The molecule has 8 aromatic carbocycles. The zero-order chi connectivity index (χ0) is 53.0. The molecule has 8 bridgehead atoms. The van der Waals surface area contributed by atoms with Gasteiger partial charge in [-0.25, -0.2) is 0 Å². The minimum Gasteiger partial charge on any atom is -0.490 e. The number of fused-ring (bicyclic) bond motifs is 12. The Balaban J connectivity index is 1.25. The number of thioether (sulfide) groups is 4. The fraction of sp³-hybridized carbons (Fsp3) is 0.375. The maximum atomic E-state index is 6.71. The maximum Gasteiger partial charge on any atom is 0.166 e. The molecule has 0 amide bonds. The molecule has 12 heteroatoms. The molecule has 0 saturated heterocycles. The summed E-state index contributed by atoms with van der Waals surface area (Å²) in [5.74, 6) is 12.1. The highest BCUT2D eigenvalue weighted by Gasteiger charge is 2.29. The monoisotopic (exact) mass is 1100 g/mol. The van der Waals surface area contributed by atoms with Crippen LogP contribution in [0.1, 0.15) is 99.9 Å². The molecule has 0 N–H and O–H groups in total. The first-order valence-corrected chi connectivity index (χ1v) is 31.7. The highest BCUT2D eigenvalue weighted by molar-refractivity contribution is 7.98. The van der Waals surface area contributed by atoms with Crippen LogP contribution in [0.4, 0.5) is 0 Å². The average molecular weight is 1100 g/mol. The van der Waals surface area contributed by atoms with E-state index >= 15 is 0 Å². The number of benzene rings is 8. The molecular formula is C64H72O8S4. The Morgan fingerprint density at radius 1 is 0.224 bits per heavy atom. The molecule has 400 valence electrons. The lowest BCUT2D eigenvalue weighted by Crippen LogP contribution is -2.08. The first-order valence-electron chi connectivity index (χ1n) is 27.0. The van der Waals surface area contributed by atoms with Gasteiger partial charge in [-0.3, -0.25) is 0 Å². The normalized spacial score (nSPS) is 13.6. The summed E-state index contributed by atoms with van der Waals surface area (Å²) in [6.45, 7) is 20.6. The summed E-state index contributed by atoms with van der Waals surface area (Å²) in [6, 6.07) is 35.1. The minimum absolute atomic E-state index is 0.509. The van der Waals surface area contributed by atoms with Gasteiger partial charge in [0.15, 0.2) is 46.0 Å². The van der Waals surface area contributed by atoms with Gasteiger partial charge in [0.2, 0.25) is 0 Å². The van der Waals surface area contributed by atoms with Crippen molar-refractivity contribution in [2.24, 2.45) is 0 Å². The van der Waals surface area contributed by atoms with Crippen LogP contribution in [0.2, 0.25) is 0 Å². The van der Waals surface area contributed by atoms with Crippen LogP contribution >= 0.6 is 47.0 Å². The lowest BCUT2D eigenvalue weighted by Gasteiger charge is -2.25. The smallest absolute Gasteiger partial charge is 0.166 e. The molecule has 0 fully saturated rings. The second kappa shape index (κ2) is 26.8. The molecule has 0 saturated carbocycles. The second-order valence-electron chi connectivity index (χ2n) is 18.1. The van der Waals surface area contributed by atoms with E-state index < -0.39 is 0 Å². The van der Waals surface area contributed by atoms with Crippen molar-refractivity contribution in [3.63, 3.8) is 0 Å². The molecule has 2 aliphatic rings. The molecule has 2 aliphatic heterocycles. The van der Waals surface area contributed by atoms with Crippen LogP contribution in [0.25, 0.3) is 43.1 Å². The van der Waals surface area contributed by atoms with Crippen LogP contribution in [0, 0.1) is 0 Å². The van der Waals surface area contributed by atoms with Crippen molar-refractivity contribution in [3.8, 4) is 46.0 Å². The Hall–Kier alpha value is -5.40. The molecule has 8 nitrogen and oxygen atoms in total. The van der Waals surface area contributed by atoms with Gasteiger partial charge in [-0.15, -0.1) is 0 Å². The van der Waals surface area contributed by atoms with Gasteiger partial charge in [0.05, 0.1) is 52.9 Å². The maximum absolute atomic E-state index is 6.71. The largest absolute Gasteiger partial charge is 0.490 e. The van der Waals surface area contributed by atoms with Gasteiger partial charge in [-0.2, -0.15) is 47.0 Å². The van der Waals surface area contributed by atoms with Crippen LogP contribution in [0.15, 0.2) is 97.1 Å². The highest BCUT2D eigenvalue weighted by atomic mass is 32.2. The lowest BCUT2D eigenvalue weighted by molar-refractivity contribution is 0.285. The van der Waals surface area contributed by atoms with Crippen molar-refractivity contribution in [2.45, 2.75) is 101 Å². The third kappa shape index (κ3) is 11.3. The van der Waals surface area contributed by atoms with Gasteiger partial charge >= 0.3 is 0 Å². The van der Waals surface area contributed by atoms with Crippen molar-refractivity contribution in [2.75, 3.05) is 52.9 Å². The van der Waals surface area contributed by atoms with Crippen molar-refractivity contribution in [1.29, 1.82) is 0 Å². The molecule has 8 aromatic rings. The predicted octanol–water partition coefficient (Wildman–Crippen LogP) is 17.5. The molecular weight excluding hydrogens is 1020 g/mol. The summed E-state index contributed by atoms with van der Waals surface area (Å²) in [5.41, 5.74) is 9.05. The Kier molecular flexibility index (Phi) is 19.5. The fourth-order valence-corrected chi connectivity index (χ4v) is 15.0. The van der Waals surface area contributed by atoms with Gasteiger partial charge in [-0.05, 0) is 98.5 Å². The number of rotatable bonds is 16. The Bertz CT molecular complexity index is 2660. The molecule has 0 radical (unpaired) electrons. The number of hydrogen-bond acceptors (Lipinski definition) is 12. The fourth-order valence-electron chi connectivity index (χ4n) is 10.7. The Labute approximate surface area is 466 Å². The minimum atomic E-state index is 0.509. The molecule has 10 rings (SSSR count). The van der Waals surface area contributed by atoms with Crippen molar-refractivity contribution < 1.29 is 37.9 Å². The van der Waals surface area contributed by atoms with Crippen molar-refractivity contribution in [3.05, 3.63) is 142 Å². The van der Waals surface area contributed by atoms with E-state index in [9.17, 15) is 0 Å². The summed E-state index contributed by atoms with van der Waals surface area (Å²) in [7, 11) is 0.